The van der Waals surface area contributed by atoms with Gasteiger partial charge in [-0.2, -0.15) is 0 Å². The molecule has 1 N–H and O–H groups in total. The maximum atomic E-state index is 13.4. The molecule has 1 aliphatic heterocycles. The van der Waals surface area contributed by atoms with Crippen LogP contribution in [0.2, 0.25) is 5.02 Å². The molecule has 37 heavy (non-hydrogen) atoms. The van der Waals surface area contributed by atoms with Crippen LogP contribution in [0.15, 0.2) is 72.3 Å². The fourth-order valence-corrected chi connectivity index (χ4v) is 4.65. The van der Waals surface area contributed by atoms with E-state index in [0.29, 0.717) is 27.6 Å². The molecule has 1 fully saturated rings. The predicted octanol–water partition coefficient (Wildman–Crippen LogP) is 6.34. The quantitative estimate of drug-likeness (QED) is 0.242. The highest BCUT2D eigenvalue weighted by molar-refractivity contribution is 6.51. The number of hydrogen-bond donors (Lipinski definition) is 1. The molecule has 1 heterocycles. The van der Waals surface area contributed by atoms with Crippen LogP contribution in [0.1, 0.15) is 43.5 Å². The van der Waals surface area contributed by atoms with E-state index in [4.69, 9.17) is 16.3 Å². The molecule has 0 aromatic heterocycles. The molecule has 4 rings (SSSR count). The van der Waals surface area contributed by atoms with Gasteiger partial charge >= 0.3 is 0 Å². The Morgan fingerprint density at radius 1 is 0.973 bits per heavy atom. The third kappa shape index (κ3) is 4.94. The minimum atomic E-state index is -0.819. The van der Waals surface area contributed by atoms with Gasteiger partial charge in [0, 0.05) is 31.0 Å². The Hall–Kier alpha value is -3.77. The zero-order valence-corrected chi connectivity index (χ0v) is 22.6. The van der Waals surface area contributed by atoms with E-state index in [2.05, 4.69) is 20.8 Å². The minimum Gasteiger partial charge on any atom is -0.507 e. The van der Waals surface area contributed by atoms with Gasteiger partial charge in [0.2, 0.25) is 0 Å². The van der Waals surface area contributed by atoms with Gasteiger partial charge in [0.05, 0.1) is 23.7 Å². The number of halogens is 1. The molecule has 1 aliphatic rings. The van der Waals surface area contributed by atoms with Gasteiger partial charge in [0.15, 0.2) is 0 Å². The molecule has 0 aliphatic carbocycles. The molecule has 0 saturated carbocycles. The Balaban J connectivity index is 1.92. The number of nitrogens with zero attached hydrogens (tertiary/aromatic N) is 2. The first-order valence-electron chi connectivity index (χ1n) is 12.0. The van der Waals surface area contributed by atoms with E-state index >= 15 is 0 Å². The monoisotopic (exact) mass is 518 g/mol. The highest BCUT2D eigenvalue weighted by Gasteiger charge is 2.47. The summed E-state index contributed by atoms with van der Waals surface area (Å²) in [6.07, 6.45) is 0. The van der Waals surface area contributed by atoms with Gasteiger partial charge in [0.25, 0.3) is 11.7 Å². The molecule has 6 nitrogen and oxygen atoms in total. The fraction of sp³-hybridized carbons (Fsp3) is 0.267. The molecule has 0 radical (unpaired) electrons. The highest BCUT2D eigenvalue weighted by atomic mass is 35.5. The summed E-state index contributed by atoms with van der Waals surface area (Å²) in [6.45, 7) is 6.36. The normalized spacial score (nSPS) is 17.3. The molecular formula is C30H31ClN2O4. The molecule has 1 saturated heterocycles. The molecule has 1 amide bonds. The van der Waals surface area contributed by atoms with Crippen LogP contribution < -0.4 is 14.5 Å². The number of aliphatic hydroxyl groups is 1. The van der Waals surface area contributed by atoms with Gasteiger partial charge in [-0.25, -0.2) is 0 Å². The van der Waals surface area contributed by atoms with Crippen LogP contribution in [0.25, 0.3) is 5.76 Å². The molecular weight excluding hydrogens is 488 g/mol. The lowest BCUT2D eigenvalue weighted by atomic mass is 9.85. The van der Waals surface area contributed by atoms with Crippen molar-refractivity contribution in [2.24, 2.45) is 0 Å². The molecule has 3 aromatic rings. The number of benzene rings is 3. The Morgan fingerprint density at radius 2 is 1.59 bits per heavy atom. The van der Waals surface area contributed by atoms with Crippen LogP contribution in [0.3, 0.4) is 0 Å². The second-order valence-corrected chi connectivity index (χ2v) is 10.7. The number of amides is 1. The van der Waals surface area contributed by atoms with Crippen molar-refractivity contribution in [2.45, 2.75) is 32.2 Å². The Labute approximate surface area is 222 Å². The summed E-state index contributed by atoms with van der Waals surface area (Å²) in [5, 5.41) is 11.8. The van der Waals surface area contributed by atoms with Gasteiger partial charge in [-0.05, 0) is 59.0 Å². The largest absolute Gasteiger partial charge is 0.507 e. The number of methoxy groups -OCH3 is 1. The highest BCUT2D eigenvalue weighted by Crippen LogP contribution is 2.43. The zero-order valence-electron chi connectivity index (χ0n) is 21.9. The third-order valence-corrected chi connectivity index (χ3v) is 6.92. The van der Waals surface area contributed by atoms with Crippen LogP contribution in [-0.4, -0.2) is 38.0 Å². The van der Waals surface area contributed by atoms with E-state index in [0.717, 1.165) is 11.3 Å². The molecule has 7 heteroatoms. The van der Waals surface area contributed by atoms with E-state index in [1.807, 2.05) is 67.5 Å². The van der Waals surface area contributed by atoms with Crippen molar-refractivity contribution >= 4 is 40.4 Å². The molecule has 192 valence electrons. The maximum absolute atomic E-state index is 13.4. The summed E-state index contributed by atoms with van der Waals surface area (Å²) in [5.41, 5.74) is 3.62. The van der Waals surface area contributed by atoms with Crippen LogP contribution in [0.5, 0.6) is 5.75 Å². The lowest BCUT2D eigenvalue weighted by molar-refractivity contribution is -0.132. The van der Waals surface area contributed by atoms with Crippen molar-refractivity contribution in [3.8, 4) is 5.75 Å². The van der Waals surface area contributed by atoms with Gasteiger partial charge in [0.1, 0.15) is 11.5 Å². The number of carbonyl (C=O) groups excluding carboxylic acids is 2. The lowest BCUT2D eigenvalue weighted by Gasteiger charge is -2.27. The van der Waals surface area contributed by atoms with Crippen LogP contribution in [-0.2, 0) is 15.0 Å². The van der Waals surface area contributed by atoms with Crippen molar-refractivity contribution in [1.29, 1.82) is 0 Å². The van der Waals surface area contributed by atoms with E-state index in [1.54, 1.807) is 18.2 Å². The van der Waals surface area contributed by atoms with Crippen molar-refractivity contribution in [3.63, 3.8) is 0 Å². The zero-order chi connectivity index (χ0) is 27.1. The first-order valence-corrected chi connectivity index (χ1v) is 12.3. The number of rotatable bonds is 5. The summed E-state index contributed by atoms with van der Waals surface area (Å²) < 4.78 is 5.29. The molecule has 3 aromatic carbocycles. The summed E-state index contributed by atoms with van der Waals surface area (Å²) in [5.74, 6) is -1.39. The Bertz CT molecular complexity index is 1370. The number of anilines is 2. The molecule has 0 spiro atoms. The predicted molar refractivity (Wildman–Crippen MR) is 149 cm³/mol. The Kier molecular flexibility index (Phi) is 7.07. The minimum absolute atomic E-state index is 0.00886. The average molecular weight is 519 g/mol. The van der Waals surface area contributed by atoms with E-state index in [9.17, 15) is 14.7 Å². The second-order valence-electron chi connectivity index (χ2n) is 10.3. The number of aliphatic hydroxyl groups excluding tert-OH is 1. The average Bonchev–Trinajstić information content (AvgIpc) is 3.13. The van der Waals surface area contributed by atoms with Crippen molar-refractivity contribution in [1.82, 2.24) is 0 Å². The van der Waals surface area contributed by atoms with Crippen molar-refractivity contribution in [3.05, 3.63) is 94.0 Å². The summed E-state index contributed by atoms with van der Waals surface area (Å²) >= 11 is 6.17. The number of ether oxygens (including phenoxy) is 1. The third-order valence-electron chi connectivity index (χ3n) is 6.61. The Morgan fingerprint density at radius 3 is 2.14 bits per heavy atom. The van der Waals surface area contributed by atoms with Crippen molar-refractivity contribution < 1.29 is 19.4 Å². The number of Topliss-reactive ketones (excluding diaryl/α,β-unsaturated/α-hetero) is 1. The van der Waals surface area contributed by atoms with Crippen LogP contribution >= 0.6 is 11.6 Å². The second kappa shape index (κ2) is 9.94. The SMILES string of the molecule is COc1cc(/C(O)=C2/C(=O)C(=O)N(c3ccc(N(C)C)cc3)C2c2ccc(C(C)(C)C)cc2)ccc1Cl. The van der Waals surface area contributed by atoms with Gasteiger partial charge in [-0.1, -0.05) is 56.6 Å². The fourth-order valence-electron chi connectivity index (χ4n) is 4.45. The van der Waals surface area contributed by atoms with Gasteiger partial charge < -0.3 is 14.7 Å². The number of hydrogen-bond acceptors (Lipinski definition) is 5. The van der Waals surface area contributed by atoms with Crippen LogP contribution in [0.4, 0.5) is 11.4 Å². The summed E-state index contributed by atoms with van der Waals surface area (Å²) in [7, 11) is 5.33. The van der Waals surface area contributed by atoms with E-state index in [-0.39, 0.29) is 16.7 Å². The van der Waals surface area contributed by atoms with Gasteiger partial charge in [-0.15, -0.1) is 0 Å². The van der Waals surface area contributed by atoms with Crippen molar-refractivity contribution in [2.75, 3.05) is 31.0 Å². The smallest absolute Gasteiger partial charge is 0.300 e. The van der Waals surface area contributed by atoms with E-state index in [1.165, 1.54) is 12.0 Å². The number of ketones is 1. The first-order chi connectivity index (χ1) is 17.4. The lowest BCUT2D eigenvalue weighted by Crippen LogP contribution is -2.29. The number of carbonyl (C=O) groups is 2. The molecule has 1 atom stereocenters. The molecule has 1 unspecified atom stereocenters. The standard InChI is InChI=1S/C30H31ClN2O4/c1-30(2,3)20-10-7-18(8-11-20)26-25(27(34)19-9-16-23(31)24(17-19)37-6)28(35)29(36)33(26)22-14-12-21(13-15-22)32(4)5/h7-17,26,34H,1-6H3/b27-25-. The summed E-state index contributed by atoms with van der Waals surface area (Å²) in [6, 6.07) is 19.1. The maximum Gasteiger partial charge on any atom is 0.300 e. The first kappa shape index (κ1) is 26.3. The van der Waals surface area contributed by atoms with Gasteiger partial charge in [-0.3, -0.25) is 14.5 Å². The van der Waals surface area contributed by atoms with E-state index < -0.39 is 17.7 Å². The van der Waals surface area contributed by atoms with Crippen LogP contribution in [0, 0.1) is 0 Å². The molecule has 0 bridgehead atoms. The topological polar surface area (TPSA) is 70.1 Å². The summed E-state index contributed by atoms with van der Waals surface area (Å²) in [4.78, 5) is 30.3.